The molecule has 0 bridgehead atoms. The fraction of sp³-hybridized carbons (Fsp3) is 0. The summed E-state index contributed by atoms with van der Waals surface area (Å²) >= 11 is 14.7. The van der Waals surface area contributed by atoms with Crippen LogP contribution in [0.4, 0.5) is 10.1 Å². The van der Waals surface area contributed by atoms with Gasteiger partial charge in [0.05, 0.1) is 10.6 Å². The number of benzene rings is 2. The highest BCUT2D eigenvalue weighted by atomic mass is 79.9. The number of carbonyl (C=O) groups excluding carboxylic acids is 1. The summed E-state index contributed by atoms with van der Waals surface area (Å²) in [5, 5.41) is 3.10. The van der Waals surface area contributed by atoms with E-state index in [0.29, 0.717) is 20.7 Å². The molecule has 0 saturated carbocycles. The van der Waals surface area contributed by atoms with E-state index >= 15 is 0 Å². The fourth-order valence-corrected chi connectivity index (χ4v) is 2.49. The Morgan fingerprint density at radius 2 is 1.89 bits per heavy atom. The molecule has 2 nitrogen and oxygen atoms in total. The quantitative estimate of drug-likeness (QED) is 0.786. The van der Waals surface area contributed by atoms with Gasteiger partial charge < -0.3 is 5.32 Å². The Morgan fingerprint density at radius 1 is 1.16 bits per heavy atom. The van der Waals surface area contributed by atoms with E-state index in [1.165, 1.54) is 18.2 Å². The molecule has 0 unspecified atom stereocenters. The molecule has 0 atom stereocenters. The molecule has 98 valence electrons. The van der Waals surface area contributed by atoms with Crippen molar-refractivity contribution in [2.45, 2.75) is 0 Å². The number of nitrogens with one attached hydrogen (secondary N) is 1. The molecule has 19 heavy (non-hydrogen) atoms. The van der Waals surface area contributed by atoms with Crippen molar-refractivity contribution < 1.29 is 9.18 Å². The standard InChI is InChI=1S/C13H7BrCl2FNO/c14-10-5-7(15)1-3-9(10)13(19)18-8-2-4-12(17)11(16)6-8/h1-6H,(H,18,19). The van der Waals surface area contributed by atoms with Crippen LogP contribution in [0.2, 0.25) is 10.0 Å². The van der Waals surface area contributed by atoms with Gasteiger partial charge in [-0.25, -0.2) is 4.39 Å². The molecule has 0 fully saturated rings. The van der Waals surface area contributed by atoms with E-state index in [0.717, 1.165) is 0 Å². The van der Waals surface area contributed by atoms with Crippen molar-refractivity contribution in [2.24, 2.45) is 0 Å². The summed E-state index contributed by atoms with van der Waals surface area (Å²) in [6.07, 6.45) is 0. The minimum Gasteiger partial charge on any atom is -0.322 e. The van der Waals surface area contributed by atoms with E-state index in [1.807, 2.05) is 0 Å². The van der Waals surface area contributed by atoms with Gasteiger partial charge in [0.25, 0.3) is 5.91 Å². The second kappa shape index (κ2) is 5.90. The predicted octanol–water partition coefficient (Wildman–Crippen LogP) is 5.15. The van der Waals surface area contributed by atoms with Crippen molar-refractivity contribution in [1.29, 1.82) is 0 Å². The predicted molar refractivity (Wildman–Crippen MR) is 78.5 cm³/mol. The van der Waals surface area contributed by atoms with E-state index in [-0.39, 0.29) is 10.9 Å². The zero-order valence-electron chi connectivity index (χ0n) is 9.38. The van der Waals surface area contributed by atoms with Crippen LogP contribution >= 0.6 is 39.1 Å². The maximum Gasteiger partial charge on any atom is 0.256 e. The summed E-state index contributed by atoms with van der Waals surface area (Å²) in [5.41, 5.74) is 0.836. The van der Waals surface area contributed by atoms with Crippen LogP contribution in [-0.2, 0) is 0 Å². The lowest BCUT2D eigenvalue weighted by molar-refractivity contribution is 0.102. The molecular weight excluding hydrogens is 356 g/mol. The molecule has 0 spiro atoms. The van der Waals surface area contributed by atoms with E-state index < -0.39 is 5.82 Å². The van der Waals surface area contributed by atoms with Crippen LogP contribution in [0.5, 0.6) is 0 Å². The summed E-state index contributed by atoms with van der Waals surface area (Å²) < 4.78 is 13.6. The van der Waals surface area contributed by atoms with Crippen molar-refractivity contribution >= 4 is 50.7 Å². The Balaban J connectivity index is 2.23. The van der Waals surface area contributed by atoms with Gasteiger partial charge in [-0.3, -0.25) is 4.79 Å². The molecule has 1 N–H and O–H groups in total. The first-order valence-electron chi connectivity index (χ1n) is 5.19. The van der Waals surface area contributed by atoms with E-state index in [9.17, 15) is 9.18 Å². The SMILES string of the molecule is O=C(Nc1ccc(F)c(Cl)c1)c1ccc(Cl)cc1Br. The molecule has 0 heterocycles. The normalized spacial score (nSPS) is 10.3. The first-order chi connectivity index (χ1) is 8.97. The maximum absolute atomic E-state index is 13.0. The lowest BCUT2D eigenvalue weighted by Gasteiger charge is -2.07. The Bertz CT molecular complexity index is 649. The van der Waals surface area contributed by atoms with Gasteiger partial charge >= 0.3 is 0 Å². The summed E-state index contributed by atoms with van der Waals surface area (Å²) in [6.45, 7) is 0. The van der Waals surface area contributed by atoms with Gasteiger partial charge in [0.2, 0.25) is 0 Å². The number of amides is 1. The third-order valence-electron chi connectivity index (χ3n) is 2.35. The number of hydrogen-bond donors (Lipinski definition) is 1. The third kappa shape index (κ3) is 3.47. The zero-order chi connectivity index (χ0) is 14.0. The molecule has 1 amide bonds. The van der Waals surface area contributed by atoms with Gasteiger partial charge in [-0.05, 0) is 52.3 Å². The molecule has 2 aromatic rings. The average Bonchev–Trinajstić information content (AvgIpc) is 2.33. The summed E-state index contributed by atoms with van der Waals surface area (Å²) in [4.78, 5) is 12.0. The first-order valence-corrected chi connectivity index (χ1v) is 6.74. The number of halogens is 4. The number of hydrogen-bond acceptors (Lipinski definition) is 1. The largest absolute Gasteiger partial charge is 0.322 e. The van der Waals surface area contributed by atoms with Crippen molar-refractivity contribution in [3.05, 3.63) is 62.3 Å². The molecule has 2 rings (SSSR count). The Labute approximate surface area is 127 Å². The number of anilines is 1. The minimum atomic E-state index is -0.535. The molecular formula is C13H7BrCl2FNO. The Kier molecular flexibility index (Phi) is 4.45. The molecule has 0 aromatic heterocycles. The second-order valence-electron chi connectivity index (χ2n) is 3.71. The topological polar surface area (TPSA) is 29.1 Å². The second-order valence-corrected chi connectivity index (χ2v) is 5.41. The minimum absolute atomic E-state index is 0.0482. The Hall–Kier alpha value is -1.10. The zero-order valence-corrected chi connectivity index (χ0v) is 12.5. The molecule has 0 aliphatic rings. The van der Waals surface area contributed by atoms with Crippen LogP contribution in [-0.4, -0.2) is 5.91 Å². The molecule has 0 aliphatic heterocycles. The highest BCUT2D eigenvalue weighted by Gasteiger charge is 2.11. The first kappa shape index (κ1) is 14.3. The van der Waals surface area contributed by atoms with Crippen molar-refractivity contribution in [2.75, 3.05) is 5.32 Å². The monoisotopic (exact) mass is 361 g/mol. The maximum atomic E-state index is 13.0. The highest BCUT2D eigenvalue weighted by molar-refractivity contribution is 9.10. The van der Waals surface area contributed by atoms with Crippen LogP contribution in [0.3, 0.4) is 0 Å². The fourth-order valence-electron chi connectivity index (χ4n) is 1.45. The lowest BCUT2D eigenvalue weighted by atomic mass is 10.2. The molecule has 2 aromatic carbocycles. The van der Waals surface area contributed by atoms with E-state index in [2.05, 4.69) is 21.2 Å². The molecule has 0 aliphatic carbocycles. The van der Waals surface area contributed by atoms with Gasteiger partial charge in [-0.1, -0.05) is 23.2 Å². The van der Waals surface area contributed by atoms with Gasteiger partial charge in [0, 0.05) is 15.2 Å². The van der Waals surface area contributed by atoms with E-state index in [4.69, 9.17) is 23.2 Å². The van der Waals surface area contributed by atoms with Crippen LogP contribution < -0.4 is 5.32 Å². The van der Waals surface area contributed by atoms with Crippen molar-refractivity contribution in [3.8, 4) is 0 Å². The summed E-state index contributed by atoms with van der Waals surface area (Å²) in [7, 11) is 0. The smallest absolute Gasteiger partial charge is 0.256 e. The highest BCUT2D eigenvalue weighted by Crippen LogP contribution is 2.24. The average molecular weight is 363 g/mol. The molecule has 0 saturated heterocycles. The number of carbonyl (C=O) groups is 1. The van der Waals surface area contributed by atoms with Crippen LogP contribution in [0.1, 0.15) is 10.4 Å². The molecule has 6 heteroatoms. The van der Waals surface area contributed by atoms with Crippen LogP contribution in [0.15, 0.2) is 40.9 Å². The van der Waals surface area contributed by atoms with Crippen molar-refractivity contribution in [3.63, 3.8) is 0 Å². The summed E-state index contributed by atoms with van der Waals surface area (Å²) in [5.74, 6) is -0.876. The molecule has 0 radical (unpaired) electrons. The van der Waals surface area contributed by atoms with Crippen LogP contribution in [0.25, 0.3) is 0 Å². The van der Waals surface area contributed by atoms with Gasteiger partial charge in [0.1, 0.15) is 5.82 Å². The lowest BCUT2D eigenvalue weighted by Crippen LogP contribution is -2.12. The van der Waals surface area contributed by atoms with Crippen LogP contribution in [0, 0.1) is 5.82 Å². The Morgan fingerprint density at radius 3 is 2.53 bits per heavy atom. The van der Waals surface area contributed by atoms with Gasteiger partial charge in [-0.2, -0.15) is 0 Å². The summed E-state index contributed by atoms with van der Waals surface area (Å²) in [6, 6.07) is 8.79. The van der Waals surface area contributed by atoms with Gasteiger partial charge in [0.15, 0.2) is 0 Å². The van der Waals surface area contributed by atoms with Gasteiger partial charge in [-0.15, -0.1) is 0 Å². The van der Waals surface area contributed by atoms with Crippen molar-refractivity contribution in [1.82, 2.24) is 0 Å². The van der Waals surface area contributed by atoms with E-state index in [1.54, 1.807) is 18.2 Å². The third-order valence-corrected chi connectivity index (χ3v) is 3.53. The number of rotatable bonds is 2.